The quantitative estimate of drug-likeness (QED) is 0.645. The van der Waals surface area contributed by atoms with Gasteiger partial charge in [0.15, 0.2) is 23.0 Å². The third kappa shape index (κ3) is 3.67. The van der Waals surface area contributed by atoms with Crippen molar-refractivity contribution in [3.8, 4) is 23.0 Å². The third-order valence-electron chi connectivity index (χ3n) is 3.02. The predicted octanol–water partition coefficient (Wildman–Crippen LogP) is 2.04. The number of phenolic OH excluding ortho intramolecular Hbond substituents is 2. The number of rotatable bonds is 4. The maximum Gasteiger partial charge on any atom is 0.386 e. The van der Waals surface area contributed by atoms with Crippen LogP contribution >= 0.6 is 0 Å². The van der Waals surface area contributed by atoms with Gasteiger partial charge in [0.1, 0.15) is 0 Å². The highest BCUT2D eigenvalue weighted by atomic mass is 17.2. The molecule has 8 heteroatoms. The van der Waals surface area contributed by atoms with E-state index in [2.05, 4.69) is 9.78 Å². The standard InChI is InChI=1S/C16H14O8/c1-21-13-7-9(3-5-11(13)17)15(19)23-24-16(20)10-4-6-12(18)14(8-10)22-2/h3-8,17-18H,1-2H3. The van der Waals surface area contributed by atoms with Crippen LogP contribution in [0.2, 0.25) is 0 Å². The summed E-state index contributed by atoms with van der Waals surface area (Å²) in [6.45, 7) is 0. The van der Waals surface area contributed by atoms with Crippen molar-refractivity contribution in [3.05, 3.63) is 47.5 Å². The zero-order valence-corrected chi connectivity index (χ0v) is 12.8. The monoisotopic (exact) mass is 334 g/mol. The summed E-state index contributed by atoms with van der Waals surface area (Å²) in [5.41, 5.74) is 0.0291. The smallest absolute Gasteiger partial charge is 0.386 e. The minimum Gasteiger partial charge on any atom is -0.504 e. The molecule has 126 valence electrons. The van der Waals surface area contributed by atoms with Crippen molar-refractivity contribution in [1.29, 1.82) is 0 Å². The molecule has 2 N–H and O–H groups in total. The Bertz CT molecular complexity index is 703. The van der Waals surface area contributed by atoms with Gasteiger partial charge < -0.3 is 19.7 Å². The molecule has 0 radical (unpaired) electrons. The van der Waals surface area contributed by atoms with Crippen LogP contribution in [0, 0.1) is 0 Å². The van der Waals surface area contributed by atoms with E-state index >= 15 is 0 Å². The summed E-state index contributed by atoms with van der Waals surface area (Å²) < 4.78 is 9.73. The lowest BCUT2D eigenvalue weighted by Crippen LogP contribution is -2.12. The van der Waals surface area contributed by atoms with Gasteiger partial charge in [0.05, 0.1) is 25.3 Å². The van der Waals surface area contributed by atoms with E-state index in [1.165, 1.54) is 50.6 Å². The van der Waals surface area contributed by atoms with Crippen molar-refractivity contribution in [3.63, 3.8) is 0 Å². The summed E-state index contributed by atoms with van der Waals surface area (Å²) in [5.74, 6) is -2.07. The molecule has 2 aromatic carbocycles. The van der Waals surface area contributed by atoms with E-state index in [1.807, 2.05) is 0 Å². The average Bonchev–Trinajstić information content (AvgIpc) is 2.60. The molecule has 0 saturated heterocycles. The number of methoxy groups -OCH3 is 2. The maximum absolute atomic E-state index is 11.8. The van der Waals surface area contributed by atoms with Crippen LogP contribution in [0.4, 0.5) is 0 Å². The number of hydrogen-bond donors (Lipinski definition) is 2. The number of carbonyl (C=O) groups is 2. The lowest BCUT2D eigenvalue weighted by Gasteiger charge is -2.07. The van der Waals surface area contributed by atoms with Crippen molar-refractivity contribution >= 4 is 11.9 Å². The second-order valence-electron chi connectivity index (χ2n) is 4.51. The van der Waals surface area contributed by atoms with Gasteiger partial charge >= 0.3 is 11.9 Å². The molecular formula is C16H14O8. The molecule has 0 heterocycles. The predicted molar refractivity (Wildman–Crippen MR) is 80.1 cm³/mol. The minimum absolute atomic E-state index is 0.0146. The van der Waals surface area contributed by atoms with E-state index in [0.29, 0.717) is 0 Å². The second kappa shape index (κ2) is 7.23. The molecule has 2 rings (SSSR count). The molecule has 0 aliphatic carbocycles. The SMILES string of the molecule is COc1cc(C(=O)OOC(=O)c2ccc(O)c(OC)c2)ccc1O. The van der Waals surface area contributed by atoms with E-state index in [9.17, 15) is 19.8 Å². The minimum atomic E-state index is -0.951. The Labute approximate surface area is 136 Å². The van der Waals surface area contributed by atoms with Gasteiger partial charge in [-0.25, -0.2) is 19.4 Å². The Morgan fingerprint density at radius 1 is 0.750 bits per heavy atom. The molecule has 0 bridgehead atoms. The summed E-state index contributed by atoms with van der Waals surface area (Å²) in [6, 6.07) is 7.49. The molecule has 24 heavy (non-hydrogen) atoms. The highest BCUT2D eigenvalue weighted by Crippen LogP contribution is 2.27. The molecule has 0 fully saturated rings. The number of carbonyl (C=O) groups excluding carboxylic acids is 2. The van der Waals surface area contributed by atoms with Crippen LogP contribution in [-0.4, -0.2) is 36.4 Å². The largest absolute Gasteiger partial charge is 0.504 e. The Balaban J connectivity index is 2.04. The number of ether oxygens (including phenoxy) is 2. The topological polar surface area (TPSA) is 112 Å². The van der Waals surface area contributed by atoms with Gasteiger partial charge in [-0.1, -0.05) is 0 Å². The Morgan fingerprint density at radius 2 is 1.12 bits per heavy atom. The van der Waals surface area contributed by atoms with E-state index in [1.54, 1.807) is 0 Å². The first-order valence-electron chi connectivity index (χ1n) is 6.63. The summed E-state index contributed by atoms with van der Waals surface area (Å²) in [5, 5.41) is 18.9. The molecule has 0 unspecified atom stereocenters. The summed E-state index contributed by atoms with van der Waals surface area (Å²) >= 11 is 0. The van der Waals surface area contributed by atoms with Crippen LogP contribution in [0.25, 0.3) is 0 Å². The van der Waals surface area contributed by atoms with Gasteiger partial charge in [-0.05, 0) is 36.4 Å². The van der Waals surface area contributed by atoms with Crippen molar-refractivity contribution in [2.75, 3.05) is 14.2 Å². The van der Waals surface area contributed by atoms with E-state index in [-0.39, 0.29) is 34.1 Å². The second-order valence-corrected chi connectivity index (χ2v) is 4.51. The van der Waals surface area contributed by atoms with Crippen LogP contribution < -0.4 is 9.47 Å². The van der Waals surface area contributed by atoms with Crippen LogP contribution in [0.1, 0.15) is 20.7 Å². The molecule has 0 spiro atoms. The van der Waals surface area contributed by atoms with Crippen LogP contribution in [0.5, 0.6) is 23.0 Å². The molecule has 0 atom stereocenters. The van der Waals surface area contributed by atoms with Crippen molar-refractivity contribution in [2.24, 2.45) is 0 Å². The number of hydrogen-bond acceptors (Lipinski definition) is 8. The highest BCUT2D eigenvalue weighted by Gasteiger charge is 2.17. The third-order valence-corrected chi connectivity index (χ3v) is 3.02. The highest BCUT2D eigenvalue weighted by molar-refractivity contribution is 5.93. The summed E-state index contributed by atoms with van der Waals surface area (Å²) in [7, 11) is 2.64. The summed E-state index contributed by atoms with van der Waals surface area (Å²) in [6.07, 6.45) is 0. The molecule has 0 saturated carbocycles. The Kier molecular flexibility index (Phi) is 5.10. The lowest BCUT2D eigenvalue weighted by molar-refractivity contribution is -0.187. The summed E-state index contributed by atoms with van der Waals surface area (Å²) in [4.78, 5) is 32.6. The first kappa shape index (κ1) is 16.9. The van der Waals surface area contributed by atoms with Crippen molar-refractivity contribution in [2.45, 2.75) is 0 Å². The number of phenols is 2. The van der Waals surface area contributed by atoms with Gasteiger partial charge in [-0.3, -0.25) is 0 Å². The Hall–Kier alpha value is -3.42. The average molecular weight is 334 g/mol. The van der Waals surface area contributed by atoms with Gasteiger partial charge in [-0.2, -0.15) is 0 Å². The molecule has 0 aliphatic rings. The maximum atomic E-state index is 11.8. The van der Waals surface area contributed by atoms with Crippen LogP contribution in [0.15, 0.2) is 36.4 Å². The lowest BCUT2D eigenvalue weighted by atomic mass is 10.2. The van der Waals surface area contributed by atoms with Gasteiger partial charge in [0, 0.05) is 0 Å². The van der Waals surface area contributed by atoms with E-state index < -0.39 is 11.9 Å². The van der Waals surface area contributed by atoms with Gasteiger partial charge in [0.25, 0.3) is 0 Å². The zero-order valence-electron chi connectivity index (χ0n) is 12.8. The van der Waals surface area contributed by atoms with Gasteiger partial charge in [0.2, 0.25) is 0 Å². The zero-order chi connectivity index (χ0) is 17.7. The Morgan fingerprint density at radius 3 is 1.46 bits per heavy atom. The molecule has 0 aliphatic heterocycles. The fourth-order valence-corrected chi connectivity index (χ4v) is 1.78. The van der Waals surface area contributed by atoms with Crippen molar-refractivity contribution in [1.82, 2.24) is 0 Å². The first-order chi connectivity index (χ1) is 11.5. The molecule has 2 aromatic rings. The first-order valence-corrected chi connectivity index (χ1v) is 6.63. The molecule has 0 amide bonds. The fourth-order valence-electron chi connectivity index (χ4n) is 1.78. The number of aromatic hydroxyl groups is 2. The van der Waals surface area contributed by atoms with E-state index in [0.717, 1.165) is 0 Å². The van der Waals surface area contributed by atoms with Gasteiger partial charge in [-0.15, -0.1) is 0 Å². The molecular weight excluding hydrogens is 320 g/mol. The molecule has 0 aromatic heterocycles. The number of benzene rings is 2. The van der Waals surface area contributed by atoms with Crippen LogP contribution in [-0.2, 0) is 9.78 Å². The molecule has 8 nitrogen and oxygen atoms in total. The fraction of sp³-hybridized carbons (Fsp3) is 0.125. The van der Waals surface area contributed by atoms with E-state index in [4.69, 9.17) is 9.47 Å². The van der Waals surface area contributed by atoms with Crippen LogP contribution in [0.3, 0.4) is 0 Å². The van der Waals surface area contributed by atoms with Crippen molar-refractivity contribution < 1.29 is 39.1 Å². The normalized spacial score (nSPS) is 9.92.